The molecule has 0 aliphatic heterocycles. The number of hydrogen-bond donors (Lipinski definition) is 1. The van der Waals surface area contributed by atoms with Gasteiger partial charge in [0.1, 0.15) is 0 Å². The smallest absolute Gasteiger partial charge is 0.337 e. The molecule has 0 unspecified atom stereocenters. The molecule has 3 nitrogen and oxygen atoms in total. The molecule has 1 aromatic heterocycles. The maximum absolute atomic E-state index is 10.7. The lowest BCUT2D eigenvalue weighted by molar-refractivity contribution is 0.0697. The molecule has 1 rings (SSSR count). The van der Waals surface area contributed by atoms with E-state index in [1.807, 2.05) is 16.3 Å². The molecule has 0 aliphatic carbocycles. The maximum atomic E-state index is 10.7. The summed E-state index contributed by atoms with van der Waals surface area (Å²) in [6.45, 7) is 3.00. The highest BCUT2D eigenvalue weighted by molar-refractivity contribution is 9.10. The van der Waals surface area contributed by atoms with Gasteiger partial charge in [0.05, 0.1) is 10.2 Å². The summed E-state index contributed by atoms with van der Waals surface area (Å²) in [6, 6.07) is 1.63. The number of carboxylic acid groups (broad SMARTS) is 1. The lowest BCUT2D eigenvalue weighted by atomic mass is 10.3. The first-order valence-corrected chi connectivity index (χ1v) is 6.76. The average molecular weight is 292 g/mol. The van der Waals surface area contributed by atoms with Crippen LogP contribution in [0.2, 0.25) is 0 Å². The summed E-state index contributed by atoms with van der Waals surface area (Å²) in [5.74, 6) is 1.37. The van der Waals surface area contributed by atoms with Crippen molar-refractivity contribution >= 4 is 33.7 Å². The Morgan fingerprint density at radius 1 is 1.67 bits per heavy atom. The number of rotatable bonds is 6. The van der Waals surface area contributed by atoms with Crippen LogP contribution in [-0.2, 0) is 6.54 Å². The molecule has 1 aromatic rings. The van der Waals surface area contributed by atoms with Gasteiger partial charge in [0.2, 0.25) is 0 Å². The SMILES string of the molecule is CCSCCCn1cc(C(=O)O)cc1Br. The lowest BCUT2D eigenvalue weighted by Gasteiger charge is -2.03. The van der Waals surface area contributed by atoms with Crippen molar-refractivity contribution in [2.24, 2.45) is 0 Å². The number of aryl methyl sites for hydroxylation is 1. The van der Waals surface area contributed by atoms with Crippen LogP contribution in [-0.4, -0.2) is 27.1 Å². The van der Waals surface area contributed by atoms with Crippen molar-refractivity contribution in [3.63, 3.8) is 0 Å². The van der Waals surface area contributed by atoms with E-state index in [4.69, 9.17) is 5.11 Å². The van der Waals surface area contributed by atoms with Crippen molar-refractivity contribution in [2.45, 2.75) is 19.9 Å². The molecule has 0 aromatic carbocycles. The number of thioether (sulfide) groups is 1. The second-order valence-electron chi connectivity index (χ2n) is 3.10. The standard InChI is InChI=1S/C10H14BrNO2S/c1-2-15-5-3-4-12-7-8(10(13)14)6-9(12)11/h6-7H,2-5H2,1H3,(H,13,14). The summed E-state index contributed by atoms with van der Waals surface area (Å²) >= 11 is 5.25. The van der Waals surface area contributed by atoms with Crippen molar-refractivity contribution < 1.29 is 9.90 Å². The Hall–Kier alpha value is -0.420. The fourth-order valence-electron chi connectivity index (χ4n) is 1.25. The number of aromatic carboxylic acids is 1. The first-order chi connectivity index (χ1) is 7.15. The summed E-state index contributed by atoms with van der Waals surface area (Å²) in [7, 11) is 0. The van der Waals surface area contributed by atoms with Gasteiger partial charge in [-0.2, -0.15) is 11.8 Å². The first kappa shape index (κ1) is 12.6. The molecule has 0 saturated carbocycles. The molecular formula is C10H14BrNO2S. The number of carboxylic acids is 1. The minimum Gasteiger partial charge on any atom is -0.478 e. The van der Waals surface area contributed by atoms with Gasteiger partial charge in [-0.05, 0) is 39.9 Å². The van der Waals surface area contributed by atoms with Gasteiger partial charge in [-0.3, -0.25) is 0 Å². The molecule has 84 valence electrons. The molecule has 5 heteroatoms. The van der Waals surface area contributed by atoms with Crippen LogP contribution in [0.4, 0.5) is 0 Å². The minimum atomic E-state index is -0.877. The Bertz CT molecular complexity index is 338. The molecule has 0 bridgehead atoms. The quantitative estimate of drug-likeness (QED) is 0.819. The predicted molar refractivity (Wildman–Crippen MR) is 66.7 cm³/mol. The molecule has 0 aliphatic rings. The molecule has 1 heterocycles. The second-order valence-corrected chi connectivity index (χ2v) is 5.31. The summed E-state index contributed by atoms with van der Waals surface area (Å²) in [4.78, 5) is 10.7. The van der Waals surface area contributed by atoms with E-state index < -0.39 is 5.97 Å². The molecule has 15 heavy (non-hydrogen) atoms. The van der Waals surface area contributed by atoms with Crippen molar-refractivity contribution in [1.82, 2.24) is 4.57 Å². The third kappa shape index (κ3) is 3.91. The summed E-state index contributed by atoms with van der Waals surface area (Å²) in [5.41, 5.74) is 0.338. The lowest BCUT2D eigenvalue weighted by Crippen LogP contribution is -1.99. The van der Waals surface area contributed by atoms with Gasteiger partial charge in [-0.15, -0.1) is 0 Å². The molecule has 0 atom stereocenters. The largest absolute Gasteiger partial charge is 0.478 e. The van der Waals surface area contributed by atoms with E-state index in [0.717, 1.165) is 29.1 Å². The van der Waals surface area contributed by atoms with Crippen LogP contribution < -0.4 is 0 Å². The van der Waals surface area contributed by atoms with E-state index in [1.54, 1.807) is 12.3 Å². The number of hydrogen-bond acceptors (Lipinski definition) is 2. The maximum Gasteiger partial charge on any atom is 0.337 e. The molecule has 1 N–H and O–H groups in total. The van der Waals surface area contributed by atoms with Crippen LogP contribution in [0.5, 0.6) is 0 Å². The van der Waals surface area contributed by atoms with Gasteiger partial charge >= 0.3 is 5.97 Å². The molecule has 0 spiro atoms. The number of nitrogens with zero attached hydrogens (tertiary/aromatic N) is 1. The molecule has 0 radical (unpaired) electrons. The van der Waals surface area contributed by atoms with Crippen LogP contribution in [0.3, 0.4) is 0 Å². The third-order valence-corrected chi connectivity index (χ3v) is 3.65. The zero-order valence-electron chi connectivity index (χ0n) is 8.57. The fourth-order valence-corrected chi connectivity index (χ4v) is 2.40. The van der Waals surface area contributed by atoms with E-state index in [-0.39, 0.29) is 0 Å². The van der Waals surface area contributed by atoms with E-state index in [9.17, 15) is 4.79 Å². The van der Waals surface area contributed by atoms with Crippen LogP contribution in [0.1, 0.15) is 23.7 Å². The van der Waals surface area contributed by atoms with Gasteiger partial charge < -0.3 is 9.67 Å². The van der Waals surface area contributed by atoms with E-state index in [1.165, 1.54) is 0 Å². The van der Waals surface area contributed by atoms with Crippen molar-refractivity contribution in [1.29, 1.82) is 0 Å². The summed E-state index contributed by atoms with van der Waals surface area (Å²) in [5, 5.41) is 8.79. The zero-order chi connectivity index (χ0) is 11.3. The Morgan fingerprint density at radius 3 is 2.93 bits per heavy atom. The molecular weight excluding hydrogens is 278 g/mol. The highest BCUT2D eigenvalue weighted by atomic mass is 79.9. The van der Waals surface area contributed by atoms with Gasteiger partial charge in [-0.1, -0.05) is 6.92 Å². The number of halogens is 1. The topological polar surface area (TPSA) is 42.2 Å². The fraction of sp³-hybridized carbons (Fsp3) is 0.500. The highest BCUT2D eigenvalue weighted by Crippen LogP contribution is 2.16. The Labute approximate surface area is 102 Å². The van der Waals surface area contributed by atoms with Crippen molar-refractivity contribution in [2.75, 3.05) is 11.5 Å². The van der Waals surface area contributed by atoms with E-state index in [2.05, 4.69) is 22.9 Å². The van der Waals surface area contributed by atoms with Crippen LogP contribution in [0.25, 0.3) is 0 Å². The van der Waals surface area contributed by atoms with Crippen LogP contribution in [0.15, 0.2) is 16.9 Å². The first-order valence-electron chi connectivity index (χ1n) is 4.82. The molecule has 0 amide bonds. The molecule has 0 saturated heterocycles. The Balaban J connectivity index is 2.50. The number of aromatic nitrogens is 1. The monoisotopic (exact) mass is 291 g/mol. The summed E-state index contributed by atoms with van der Waals surface area (Å²) < 4.78 is 2.76. The van der Waals surface area contributed by atoms with Crippen molar-refractivity contribution in [3.05, 3.63) is 22.4 Å². The Kier molecular flexibility index (Phi) is 5.25. The highest BCUT2D eigenvalue weighted by Gasteiger charge is 2.08. The van der Waals surface area contributed by atoms with Gasteiger partial charge in [-0.25, -0.2) is 4.79 Å². The normalized spacial score (nSPS) is 10.5. The summed E-state index contributed by atoms with van der Waals surface area (Å²) in [6.07, 6.45) is 2.73. The third-order valence-electron chi connectivity index (χ3n) is 1.98. The minimum absolute atomic E-state index is 0.338. The van der Waals surface area contributed by atoms with Crippen molar-refractivity contribution in [3.8, 4) is 0 Å². The van der Waals surface area contributed by atoms with Crippen LogP contribution in [0, 0.1) is 0 Å². The number of carbonyl (C=O) groups is 1. The predicted octanol–water partition coefficient (Wildman–Crippen LogP) is 3.09. The van der Waals surface area contributed by atoms with E-state index >= 15 is 0 Å². The van der Waals surface area contributed by atoms with Gasteiger partial charge in [0, 0.05) is 12.7 Å². The molecule has 0 fully saturated rings. The average Bonchev–Trinajstić information content (AvgIpc) is 2.55. The zero-order valence-corrected chi connectivity index (χ0v) is 11.0. The van der Waals surface area contributed by atoms with Gasteiger partial charge in [0.25, 0.3) is 0 Å². The van der Waals surface area contributed by atoms with Gasteiger partial charge in [0.15, 0.2) is 0 Å². The Morgan fingerprint density at radius 2 is 2.40 bits per heavy atom. The second kappa shape index (κ2) is 6.23. The van der Waals surface area contributed by atoms with Crippen LogP contribution >= 0.6 is 27.7 Å². The van der Waals surface area contributed by atoms with E-state index in [0.29, 0.717) is 5.56 Å².